The van der Waals surface area contributed by atoms with Gasteiger partial charge in [-0.15, -0.1) is 0 Å². The van der Waals surface area contributed by atoms with Crippen LogP contribution in [-0.4, -0.2) is 29.1 Å². The van der Waals surface area contributed by atoms with E-state index in [2.05, 4.69) is 10.3 Å². The molecule has 1 aliphatic rings. The maximum Gasteiger partial charge on any atom is 0.255 e. The van der Waals surface area contributed by atoms with Crippen molar-refractivity contribution in [3.05, 3.63) is 29.8 Å². The number of rotatable bonds is 5. The lowest BCUT2D eigenvalue weighted by atomic mass is 10.0. The van der Waals surface area contributed by atoms with Crippen molar-refractivity contribution in [1.82, 2.24) is 10.3 Å². The lowest BCUT2D eigenvalue weighted by molar-refractivity contribution is 0.0936. The van der Waals surface area contributed by atoms with Gasteiger partial charge in [-0.05, 0) is 36.8 Å². The number of nitrogens with zero attached hydrogens (tertiary/aromatic N) is 1. The molecule has 17 heavy (non-hydrogen) atoms. The van der Waals surface area contributed by atoms with Crippen molar-refractivity contribution >= 4 is 5.91 Å². The molecule has 1 aromatic rings. The largest absolute Gasteiger partial charge is 0.396 e. The van der Waals surface area contributed by atoms with Crippen LogP contribution in [0.3, 0.4) is 0 Å². The van der Waals surface area contributed by atoms with E-state index in [1.165, 1.54) is 18.3 Å². The Morgan fingerprint density at radius 3 is 2.94 bits per heavy atom. The van der Waals surface area contributed by atoms with Crippen LogP contribution >= 0.6 is 0 Å². The normalized spacial score (nSPS) is 16.6. The molecule has 2 rings (SSSR count). The predicted octanol–water partition coefficient (Wildman–Crippen LogP) is 1.11. The van der Waals surface area contributed by atoms with Crippen LogP contribution < -0.4 is 5.32 Å². The number of hydrogen-bond acceptors (Lipinski definition) is 3. The summed E-state index contributed by atoms with van der Waals surface area (Å²) in [7, 11) is 0. The van der Waals surface area contributed by atoms with Crippen molar-refractivity contribution in [2.45, 2.75) is 19.3 Å². The first kappa shape index (κ1) is 12.0. The molecule has 1 heterocycles. The molecule has 4 nitrogen and oxygen atoms in total. The Bertz CT molecular complexity index is 419. The van der Waals surface area contributed by atoms with Gasteiger partial charge >= 0.3 is 0 Å². The van der Waals surface area contributed by atoms with Gasteiger partial charge in [-0.2, -0.15) is 4.39 Å². The van der Waals surface area contributed by atoms with E-state index in [0.29, 0.717) is 13.0 Å². The monoisotopic (exact) mass is 238 g/mol. The SMILES string of the molecule is O=C(NCC1(CCO)CC1)c1cccnc1F. The molecule has 0 saturated heterocycles. The third-order valence-corrected chi connectivity index (χ3v) is 3.23. The van der Waals surface area contributed by atoms with Gasteiger partial charge in [0.15, 0.2) is 0 Å². The molecule has 0 radical (unpaired) electrons. The molecule has 1 aliphatic carbocycles. The lowest BCUT2D eigenvalue weighted by Crippen LogP contribution is -2.31. The summed E-state index contributed by atoms with van der Waals surface area (Å²) >= 11 is 0. The average molecular weight is 238 g/mol. The molecule has 0 unspecified atom stereocenters. The molecule has 0 atom stereocenters. The Morgan fingerprint density at radius 1 is 1.59 bits per heavy atom. The minimum atomic E-state index is -0.753. The van der Waals surface area contributed by atoms with Crippen LogP contribution in [0.1, 0.15) is 29.6 Å². The molecule has 0 aromatic carbocycles. The minimum absolute atomic E-state index is 0.0308. The molecule has 92 valence electrons. The molecule has 0 spiro atoms. The smallest absolute Gasteiger partial charge is 0.255 e. The summed E-state index contributed by atoms with van der Waals surface area (Å²) in [5.41, 5.74) is -0.00406. The summed E-state index contributed by atoms with van der Waals surface area (Å²) < 4.78 is 13.2. The molecule has 5 heteroatoms. The molecule has 1 aromatic heterocycles. The maximum absolute atomic E-state index is 13.2. The lowest BCUT2D eigenvalue weighted by Gasteiger charge is -2.14. The topological polar surface area (TPSA) is 62.2 Å². The molecular formula is C12H15FN2O2. The zero-order chi connectivity index (χ0) is 12.3. The van der Waals surface area contributed by atoms with Crippen molar-refractivity contribution in [1.29, 1.82) is 0 Å². The number of carbonyl (C=O) groups excluding carboxylic acids is 1. The zero-order valence-corrected chi connectivity index (χ0v) is 9.45. The Kier molecular flexibility index (Phi) is 3.38. The van der Waals surface area contributed by atoms with Gasteiger partial charge in [0.2, 0.25) is 5.95 Å². The van der Waals surface area contributed by atoms with Crippen LogP contribution in [0.4, 0.5) is 4.39 Å². The van der Waals surface area contributed by atoms with Crippen molar-refractivity contribution in [3.63, 3.8) is 0 Å². The van der Waals surface area contributed by atoms with Crippen molar-refractivity contribution in [2.75, 3.05) is 13.2 Å². The highest BCUT2D eigenvalue weighted by molar-refractivity contribution is 5.94. The van der Waals surface area contributed by atoms with Crippen LogP contribution in [0.2, 0.25) is 0 Å². The third-order valence-electron chi connectivity index (χ3n) is 3.23. The van der Waals surface area contributed by atoms with Gasteiger partial charge in [0.05, 0.1) is 5.56 Å². The fourth-order valence-corrected chi connectivity index (χ4v) is 1.85. The van der Waals surface area contributed by atoms with E-state index < -0.39 is 11.9 Å². The Labute approximate surface area is 98.9 Å². The predicted molar refractivity (Wildman–Crippen MR) is 59.9 cm³/mol. The van der Waals surface area contributed by atoms with Gasteiger partial charge in [-0.25, -0.2) is 4.98 Å². The first-order valence-electron chi connectivity index (χ1n) is 5.66. The number of aliphatic hydroxyl groups excluding tert-OH is 1. The van der Waals surface area contributed by atoms with Gasteiger partial charge < -0.3 is 10.4 Å². The van der Waals surface area contributed by atoms with E-state index in [9.17, 15) is 9.18 Å². The van der Waals surface area contributed by atoms with E-state index in [0.717, 1.165) is 12.8 Å². The van der Waals surface area contributed by atoms with Crippen LogP contribution in [0.25, 0.3) is 0 Å². The molecular weight excluding hydrogens is 223 g/mol. The van der Waals surface area contributed by atoms with Gasteiger partial charge in [0.25, 0.3) is 5.91 Å². The van der Waals surface area contributed by atoms with Crippen LogP contribution in [-0.2, 0) is 0 Å². The Balaban J connectivity index is 1.92. The van der Waals surface area contributed by atoms with Gasteiger partial charge in [0, 0.05) is 19.3 Å². The number of hydrogen-bond donors (Lipinski definition) is 2. The first-order valence-corrected chi connectivity index (χ1v) is 5.66. The van der Waals surface area contributed by atoms with Crippen molar-refractivity contribution in [2.24, 2.45) is 5.41 Å². The molecule has 0 aliphatic heterocycles. The summed E-state index contributed by atoms with van der Waals surface area (Å²) in [5.74, 6) is -1.20. The Morgan fingerprint density at radius 2 is 2.35 bits per heavy atom. The van der Waals surface area contributed by atoms with Crippen molar-refractivity contribution in [3.8, 4) is 0 Å². The summed E-state index contributed by atoms with van der Waals surface area (Å²) in [5, 5.41) is 11.6. The number of amides is 1. The molecule has 0 bridgehead atoms. The number of nitrogens with one attached hydrogen (secondary N) is 1. The van der Waals surface area contributed by atoms with E-state index in [-0.39, 0.29) is 17.6 Å². The third kappa shape index (κ3) is 2.79. The standard InChI is InChI=1S/C12H15FN2O2/c13-10-9(2-1-6-14-10)11(17)15-8-12(3-4-12)5-7-16/h1-2,6,16H,3-5,7-8H2,(H,15,17). The van der Waals surface area contributed by atoms with Crippen LogP contribution in [0.5, 0.6) is 0 Å². The van der Waals surface area contributed by atoms with E-state index in [1.54, 1.807) is 0 Å². The van der Waals surface area contributed by atoms with E-state index in [4.69, 9.17) is 5.11 Å². The van der Waals surface area contributed by atoms with Crippen molar-refractivity contribution < 1.29 is 14.3 Å². The van der Waals surface area contributed by atoms with Crippen LogP contribution in [0, 0.1) is 11.4 Å². The number of aliphatic hydroxyl groups is 1. The van der Waals surface area contributed by atoms with E-state index >= 15 is 0 Å². The second-order valence-electron chi connectivity index (χ2n) is 4.50. The second-order valence-corrected chi connectivity index (χ2v) is 4.50. The second kappa shape index (κ2) is 4.79. The zero-order valence-electron chi connectivity index (χ0n) is 9.45. The minimum Gasteiger partial charge on any atom is -0.396 e. The quantitative estimate of drug-likeness (QED) is 0.755. The fourth-order valence-electron chi connectivity index (χ4n) is 1.85. The van der Waals surface area contributed by atoms with E-state index in [1.807, 2.05) is 0 Å². The molecule has 1 saturated carbocycles. The number of halogens is 1. The number of aromatic nitrogens is 1. The maximum atomic E-state index is 13.2. The number of pyridine rings is 1. The Hall–Kier alpha value is -1.49. The van der Waals surface area contributed by atoms with Gasteiger partial charge in [-0.3, -0.25) is 4.79 Å². The first-order chi connectivity index (χ1) is 8.17. The highest BCUT2D eigenvalue weighted by atomic mass is 19.1. The molecule has 1 fully saturated rings. The fraction of sp³-hybridized carbons (Fsp3) is 0.500. The van der Waals surface area contributed by atoms with Crippen LogP contribution in [0.15, 0.2) is 18.3 Å². The van der Waals surface area contributed by atoms with Gasteiger partial charge in [0.1, 0.15) is 0 Å². The highest BCUT2D eigenvalue weighted by Gasteiger charge is 2.41. The summed E-state index contributed by atoms with van der Waals surface area (Å²) in [6.45, 7) is 0.609. The molecule has 1 amide bonds. The summed E-state index contributed by atoms with van der Waals surface area (Å²) in [6.07, 6.45) is 4.00. The summed E-state index contributed by atoms with van der Waals surface area (Å²) in [4.78, 5) is 15.1. The number of carbonyl (C=O) groups is 1. The van der Waals surface area contributed by atoms with Gasteiger partial charge in [-0.1, -0.05) is 0 Å². The molecule has 2 N–H and O–H groups in total. The highest BCUT2D eigenvalue weighted by Crippen LogP contribution is 2.47. The summed E-state index contributed by atoms with van der Waals surface area (Å²) in [6, 6.07) is 2.93. The average Bonchev–Trinajstić information content (AvgIpc) is 3.08.